The number of benzene rings is 1. The molecule has 1 aliphatic heterocycles. The molecule has 0 radical (unpaired) electrons. The number of nitrogens with two attached hydrogens (primary N) is 1. The molecule has 2 rings (SSSR count). The van der Waals surface area contributed by atoms with Crippen LogP contribution in [-0.4, -0.2) is 24.6 Å². The van der Waals surface area contributed by atoms with Gasteiger partial charge in [0.1, 0.15) is 12.4 Å². The Morgan fingerprint density at radius 3 is 2.85 bits per heavy atom. The van der Waals surface area contributed by atoms with Gasteiger partial charge in [0, 0.05) is 22.7 Å². The van der Waals surface area contributed by atoms with Crippen LogP contribution in [0.4, 0.5) is 0 Å². The lowest BCUT2D eigenvalue weighted by molar-refractivity contribution is -0.118. The molecule has 0 bridgehead atoms. The Morgan fingerprint density at radius 2 is 2.20 bits per heavy atom. The Labute approximate surface area is 129 Å². The highest BCUT2D eigenvalue weighted by Gasteiger charge is 2.19. The van der Waals surface area contributed by atoms with Crippen molar-refractivity contribution in [1.82, 2.24) is 5.32 Å². The minimum atomic E-state index is -0.438. The van der Waals surface area contributed by atoms with Crippen LogP contribution in [0.25, 0.3) is 6.08 Å². The average Bonchev–Trinajstić information content (AvgIpc) is 2.34. The number of nitrogens with one attached hydrogen (secondary N) is 1. The molecule has 0 fully saturated rings. The van der Waals surface area contributed by atoms with Gasteiger partial charge in [-0.05, 0) is 38.1 Å². The lowest BCUT2D eigenvalue weighted by Gasteiger charge is -2.21. The summed E-state index contributed by atoms with van der Waals surface area (Å²) in [5.74, 6) is 0.573. The van der Waals surface area contributed by atoms with E-state index in [0.29, 0.717) is 17.1 Å². The predicted octanol–water partition coefficient (Wildman–Crippen LogP) is 2.39. The van der Waals surface area contributed by atoms with Gasteiger partial charge in [0.25, 0.3) is 5.91 Å². The highest BCUT2D eigenvalue weighted by molar-refractivity contribution is 6.30. The number of ether oxygens (including phenoxy) is 1. The lowest BCUT2D eigenvalue weighted by atomic mass is 10.1. The minimum Gasteiger partial charge on any atom is -0.488 e. The van der Waals surface area contributed by atoms with Crippen LogP contribution in [0.15, 0.2) is 23.8 Å². The van der Waals surface area contributed by atoms with Crippen LogP contribution in [0.3, 0.4) is 0 Å². The summed E-state index contributed by atoms with van der Waals surface area (Å²) < 4.78 is 5.53. The summed E-state index contributed by atoms with van der Waals surface area (Å²) in [6, 6.07) is 5.33. The Balaban J connectivity index is 0.00000200. The third-order valence-corrected chi connectivity index (χ3v) is 2.92. The molecular weight excluding hydrogens is 299 g/mol. The van der Waals surface area contributed by atoms with Crippen molar-refractivity contribution < 1.29 is 9.53 Å². The fourth-order valence-electron chi connectivity index (χ4n) is 1.70. The molecule has 0 saturated heterocycles. The van der Waals surface area contributed by atoms with Crippen LogP contribution in [0.2, 0.25) is 5.02 Å². The van der Waals surface area contributed by atoms with E-state index in [-0.39, 0.29) is 24.9 Å². The molecule has 1 aromatic carbocycles. The second-order valence-electron chi connectivity index (χ2n) is 5.31. The van der Waals surface area contributed by atoms with Gasteiger partial charge in [-0.1, -0.05) is 11.6 Å². The number of amides is 1. The van der Waals surface area contributed by atoms with E-state index in [2.05, 4.69) is 5.32 Å². The maximum Gasteiger partial charge on any atom is 0.250 e. The van der Waals surface area contributed by atoms with E-state index in [1.807, 2.05) is 13.8 Å². The van der Waals surface area contributed by atoms with Gasteiger partial charge in [-0.15, -0.1) is 12.4 Å². The fourth-order valence-corrected chi connectivity index (χ4v) is 1.88. The predicted molar refractivity (Wildman–Crippen MR) is 83.4 cm³/mol. The first-order valence-electron chi connectivity index (χ1n) is 6.05. The summed E-state index contributed by atoms with van der Waals surface area (Å²) in [5, 5.41) is 3.41. The van der Waals surface area contributed by atoms with Crippen LogP contribution in [0.1, 0.15) is 19.4 Å². The third kappa shape index (κ3) is 4.40. The summed E-state index contributed by atoms with van der Waals surface area (Å²) in [6.07, 6.45) is 1.80. The molecule has 1 aliphatic rings. The molecule has 0 aromatic heterocycles. The zero-order chi connectivity index (χ0) is 14.0. The van der Waals surface area contributed by atoms with E-state index < -0.39 is 5.54 Å². The number of rotatable bonds is 3. The van der Waals surface area contributed by atoms with Gasteiger partial charge in [-0.2, -0.15) is 0 Å². The zero-order valence-corrected chi connectivity index (χ0v) is 13.0. The monoisotopic (exact) mass is 316 g/mol. The van der Waals surface area contributed by atoms with Crippen molar-refractivity contribution >= 4 is 36.0 Å². The molecule has 6 heteroatoms. The summed E-state index contributed by atoms with van der Waals surface area (Å²) in [5.41, 5.74) is 6.77. The Hall–Kier alpha value is -1.23. The molecule has 0 atom stereocenters. The van der Waals surface area contributed by atoms with Gasteiger partial charge in [0.2, 0.25) is 0 Å². The van der Waals surface area contributed by atoms with E-state index in [4.69, 9.17) is 22.1 Å². The quantitative estimate of drug-likeness (QED) is 0.900. The van der Waals surface area contributed by atoms with Crippen LogP contribution in [-0.2, 0) is 4.79 Å². The van der Waals surface area contributed by atoms with Gasteiger partial charge in [-0.25, -0.2) is 0 Å². The van der Waals surface area contributed by atoms with Crippen molar-refractivity contribution in [3.05, 3.63) is 34.4 Å². The highest BCUT2D eigenvalue weighted by atomic mass is 35.5. The first-order valence-corrected chi connectivity index (χ1v) is 6.43. The van der Waals surface area contributed by atoms with Crippen molar-refractivity contribution in [3.63, 3.8) is 0 Å². The largest absolute Gasteiger partial charge is 0.488 e. The number of fused-ring (bicyclic) bond motifs is 1. The highest BCUT2D eigenvalue weighted by Crippen LogP contribution is 2.28. The minimum absolute atomic E-state index is 0. The number of carbonyl (C=O) groups excluding carboxylic acids is 1. The van der Waals surface area contributed by atoms with Crippen LogP contribution < -0.4 is 15.8 Å². The van der Waals surface area contributed by atoms with Gasteiger partial charge < -0.3 is 15.8 Å². The lowest BCUT2D eigenvalue weighted by Crippen LogP contribution is -2.45. The Kier molecular flexibility index (Phi) is 5.45. The summed E-state index contributed by atoms with van der Waals surface area (Å²) in [6.45, 7) is 4.37. The molecular formula is C14H18Cl2N2O2. The second kappa shape index (κ2) is 6.48. The molecule has 3 N–H and O–H groups in total. The van der Waals surface area contributed by atoms with Gasteiger partial charge >= 0.3 is 0 Å². The van der Waals surface area contributed by atoms with Gasteiger partial charge in [-0.3, -0.25) is 4.79 Å². The molecule has 0 aliphatic carbocycles. The molecule has 1 heterocycles. The number of hydrogen-bond acceptors (Lipinski definition) is 3. The molecule has 4 nitrogen and oxygen atoms in total. The van der Waals surface area contributed by atoms with E-state index in [9.17, 15) is 4.79 Å². The van der Waals surface area contributed by atoms with Gasteiger partial charge in [0.05, 0.1) is 5.57 Å². The summed E-state index contributed by atoms with van der Waals surface area (Å²) in [4.78, 5) is 12.0. The van der Waals surface area contributed by atoms with Crippen molar-refractivity contribution in [2.45, 2.75) is 19.4 Å². The number of halogens is 2. The topological polar surface area (TPSA) is 64.3 Å². The zero-order valence-electron chi connectivity index (χ0n) is 11.4. The van der Waals surface area contributed by atoms with E-state index in [0.717, 1.165) is 11.3 Å². The second-order valence-corrected chi connectivity index (χ2v) is 5.75. The fraction of sp³-hybridized carbons (Fsp3) is 0.357. The van der Waals surface area contributed by atoms with Crippen LogP contribution in [0.5, 0.6) is 5.75 Å². The first kappa shape index (κ1) is 16.8. The van der Waals surface area contributed by atoms with Crippen molar-refractivity contribution in [2.24, 2.45) is 5.73 Å². The molecule has 20 heavy (non-hydrogen) atoms. The van der Waals surface area contributed by atoms with E-state index in [1.54, 1.807) is 24.3 Å². The summed E-state index contributed by atoms with van der Waals surface area (Å²) >= 11 is 5.92. The summed E-state index contributed by atoms with van der Waals surface area (Å²) in [7, 11) is 0. The Bertz CT molecular complexity index is 536. The van der Waals surface area contributed by atoms with Gasteiger partial charge in [0.15, 0.2) is 0 Å². The normalized spacial score (nSPS) is 13.5. The average molecular weight is 317 g/mol. The Morgan fingerprint density at radius 1 is 1.50 bits per heavy atom. The molecule has 0 unspecified atom stereocenters. The van der Waals surface area contributed by atoms with Crippen LogP contribution >= 0.6 is 24.0 Å². The van der Waals surface area contributed by atoms with Crippen molar-refractivity contribution in [3.8, 4) is 5.75 Å². The van der Waals surface area contributed by atoms with Crippen LogP contribution in [0, 0.1) is 0 Å². The smallest absolute Gasteiger partial charge is 0.250 e. The third-order valence-electron chi connectivity index (χ3n) is 2.68. The maximum atomic E-state index is 12.0. The number of hydrogen-bond donors (Lipinski definition) is 2. The maximum absolute atomic E-state index is 12.0. The molecule has 0 spiro atoms. The van der Waals surface area contributed by atoms with Crippen molar-refractivity contribution in [1.29, 1.82) is 0 Å². The van der Waals surface area contributed by atoms with E-state index in [1.165, 1.54) is 0 Å². The molecule has 1 aromatic rings. The molecule has 0 saturated carbocycles. The van der Waals surface area contributed by atoms with Crippen molar-refractivity contribution in [2.75, 3.05) is 13.2 Å². The SMILES string of the molecule is CC(C)(N)CNC(=O)C1=Cc2cc(Cl)ccc2OC1.Cl. The first-order chi connectivity index (χ1) is 8.85. The standard InChI is InChI=1S/C14H17ClN2O2.ClH/c1-14(2,16)8-17-13(18)10-5-9-6-11(15)3-4-12(9)19-7-10;/h3-6H,7-8,16H2,1-2H3,(H,17,18);1H. The molecule has 1 amide bonds. The molecule has 110 valence electrons. The number of carbonyl (C=O) groups is 1. The van der Waals surface area contributed by atoms with E-state index >= 15 is 0 Å².